The minimum absolute atomic E-state index is 0.431. The molecule has 1 heterocycles. The summed E-state index contributed by atoms with van der Waals surface area (Å²) in [5, 5.41) is 3.17. The maximum atomic E-state index is 12.5. The van der Waals surface area contributed by atoms with Gasteiger partial charge in [0.15, 0.2) is 6.10 Å². The Bertz CT molecular complexity index is 879. The van der Waals surface area contributed by atoms with Crippen LogP contribution in [-0.2, 0) is 22.4 Å². The largest absolute Gasteiger partial charge is 0.495 e. The molecular weight excluding hydrogens is 398 g/mol. The number of rotatable bonds is 6. The van der Waals surface area contributed by atoms with E-state index in [-0.39, 0.29) is 0 Å². The average Bonchev–Trinajstić information content (AvgIpc) is 3.11. The fraction of sp³-hybridized carbons (Fsp3) is 0.429. The summed E-state index contributed by atoms with van der Waals surface area (Å²) >= 11 is 7.46. The number of carbonyl (C=O) groups excluding carboxylic acids is 2. The molecule has 28 heavy (non-hydrogen) atoms. The van der Waals surface area contributed by atoms with Gasteiger partial charge < -0.3 is 14.8 Å². The molecule has 7 heteroatoms. The third kappa shape index (κ3) is 4.67. The van der Waals surface area contributed by atoms with Crippen LogP contribution in [0.4, 0.5) is 5.69 Å². The number of thiophene rings is 1. The number of amides is 1. The van der Waals surface area contributed by atoms with Crippen LogP contribution in [0.5, 0.6) is 5.75 Å². The van der Waals surface area contributed by atoms with E-state index in [0.717, 1.165) is 19.3 Å². The molecule has 1 aromatic carbocycles. The Labute approximate surface area is 174 Å². The lowest BCUT2D eigenvalue weighted by atomic mass is 9.87. The van der Waals surface area contributed by atoms with Gasteiger partial charge in [0, 0.05) is 9.90 Å². The number of ether oxygens (including phenoxy) is 2. The number of hydrogen-bond acceptors (Lipinski definition) is 5. The van der Waals surface area contributed by atoms with Crippen LogP contribution in [0.3, 0.4) is 0 Å². The Morgan fingerprint density at radius 2 is 2.14 bits per heavy atom. The molecule has 1 amide bonds. The number of halogens is 1. The molecule has 1 aliphatic rings. The van der Waals surface area contributed by atoms with Gasteiger partial charge >= 0.3 is 5.97 Å². The van der Waals surface area contributed by atoms with E-state index >= 15 is 0 Å². The Kier molecular flexibility index (Phi) is 6.62. The van der Waals surface area contributed by atoms with Crippen molar-refractivity contribution in [3.63, 3.8) is 0 Å². The normalized spacial score (nSPS) is 16.8. The second kappa shape index (κ2) is 8.97. The molecule has 1 aromatic heterocycles. The highest BCUT2D eigenvalue weighted by atomic mass is 35.5. The molecule has 0 spiro atoms. The van der Waals surface area contributed by atoms with Crippen molar-refractivity contribution in [1.29, 1.82) is 0 Å². The van der Waals surface area contributed by atoms with Crippen molar-refractivity contribution in [2.24, 2.45) is 5.92 Å². The number of anilines is 1. The van der Waals surface area contributed by atoms with Gasteiger partial charge in [-0.3, -0.25) is 4.79 Å². The van der Waals surface area contributed by atoms with Gasteiger partial charge in [0.2, 0.25) is 0 Å². The molecule has 2 aromatic rings. The number of carbonyl (C=O) groups is 2. The number of aryl methyl sites for hydroxylation is 1. The molecule has 1 N–H and O–H groups in total. The van der Waals surface area contributed by atoms with Crippen molar-refractivity contribution in [1.82, 2.24) is 0 Å². The van der Waals surface area contributed by atoms with Crippen LogP contribution in [0.25, 0.3) is 0 Å². The average molecular weight is 422 g/mol. The summed E-state index contributed by atoms with van der Waals surface area (Å²) in [6.07, 6.45) is 3.40. The third-order valence-electron chi connectivity index (χ3n) is 5.04. The summed E-state index contributed by atoms with van der Waals surface area (Å²) in [5.74, 6) is 0.255. The van der Waals surface area contributed by atoms with Gasteiger partial charge in [0.05, 0.1) is 12.8 Å². The molecule has 0 aliphatic heterocycles. The number of hydrogen-bond donors (Lipinski definition) is 1. The van der Waals surface area contributed by atoms with Gasteiger partial charge in [-0.1, -0.05) is 24.9 Å². The molecule has 0 radical (unpaired) electrons. The first-order chi connectivity index (χ1) is 13.4. The highest BCUT2D eigenvalue weighted by molar-refractivity contribution is 7.14. The van der Waals surface area contributed by atoms with Crippen LogP contribution in [0, 0.1) is 5.92 Å². The topological polar surface area (TPSA) is 64.6 Å². The maximum absolute atomic E-state index is 12.5. The second-order valence-corrected chi connectivity index (χ2v) is 8.53. The molecule has 1 aliphatic carbocycles. The molecule has 2 atom stereocenters. The zero-order valence-corrected chi connectivity index (χ0v) is 17.8. The molecule has 3 rings (SSSR count). The van der Waals surface area contributed by atoms with Crippen LogP contribution < -0.4 is 10.1 Å². The van der Waals surface area contributed by atoms with Gasteiger partial charge in [0.1, 0.15) is 10.6 Å². The van der Waals surface area contributed by atoms with Crippen molar-refractivity contribution < 1.29 is 19.1 Å². The van der Waals surface area contributed by atoms with E-state index in [1.807, 2.05) is 6.07 Å². The molecule has 0 fully saturated rings. The monoisotopic (exact) mass is 421 g/mol. The molecule has 150 valence electrons. The van der Waals surface area contributed by atoms with Gasteiger partial charge in [-0.25, -0.2) is 4.79 Å². The smallest absolute Gasteiger partial charge is 0.349 e. The first-order valence-corrected chi connectivity index (χ1v) is 10.6. The van der Waals surface area contributed by atoms with Crippen molar-refractivity contribution in [3.8, 4) is 5.75 Å². The zero-order chi connectivity index (χ0) is 20.3. The Morgan fingerprint density at radius 3 is 2.86 bits per heavy atom. The maximum Gasteiger partial charge on any atom is 0.349 e. The first-order valence-electron chi connectivity index (χ1n) is 9.38. The van der Waals surface area contributed by atoms with Crippen molar-refractivity contribution in [3.05, 3.63) is 44.6 Å². The van der Waals surface area contributed by atoms with Gasteiger partial charge in [-0.05, 0) is 61.9 Å². The lowest BCUT2D eigenvalue weighted by molar-refractivity contribution is -0.123. The summed E-state index contributed by atoms with van der Waals surface area (Å²) in [7, 11) is 1.50. The molecule has 0 saturated carbocycles. The fourth-order valence-electron chi connectivity index (χ4n) is 3.33. The summed E-state index contributed by atoms with van der Waals surface area (Å²) in [5.41, 5.74) is 1.68. The number of fused-ring (bicyclic) bond motifs is 1. The molecule has 0 bridgehead atoms. The van der Waals surface area contributed by atoms with Crippen LogP contribution >= 0.6 is 22.9 Å². The molecule has 5 nitrogen and oxygen atoms in total. The van der Waals surface area contributed by atoms with Crippen molar-refractivity contribution in [2.45, 2.75) is 45.6 Å². The van der Waals surface area contributed by atoms with E-state index in [4.69, 9.17) is 21.1 Å². The van der Waals surface area contributed by atoms with Crippen LogP contribution in [0.15, 0.2) is 24.3 Å². The van der Waals surface area contributed by atoms with Gasteiger partial charge in [0.25, 0.3) is 5.91 Å². The van der Waals surface area contributed by atoms with E-state index in [1.54, 1.807) is 25.1 Å². The van der Waals surface area contributed by atoms with Crippen molar-refractivity contribution in [2.75, 3.05) is 12.4 Å². The summed E-state index contributed by atoms with van der Waals surface area (Å²) in [6, 6.07) is 6.84. The highest BCUT2D eigenvalue weighted by Gasteiger charge is 2.25. The predicted octanol–water partition coefficient (Wildman–Crippen LogP) is 5.11. The number of esters is 1. The Morgan fingerprint density at radius 1 is 1.36 bits per heavy atom. The quantitative estimate of drug-likeness (QED) is 0.658. The first kappa shape index (κ1) is 20.7. The van der Waals surface area contributed by atoms with E-state index in [1.165, 1.54) is 35.3 Å². The van der Waals surface area contributed by atoms with Crippen LogP contribution in [-0.4, -0.2) is 25.1 Å². The molecule has 0 saturated heterocycles. The SMILES string of the molecule is CC[C@@H]1CCc2sc(C(=O)O[C@H](C)C(=O)Nc3cc(Cl)ccc3OC)cc2C1. The van der Waals surface area contributed by atoms with E-state index in [2.05, 4.69) is 12.2 Å². The fourth-order valence-corrected chi connectivity index (χ4v) is 4.60. The lowest BCUT2D eigenvalue weighted by Gasteiger charge is -2.19. The summed E-state index contributed by atoms with van der Waals surface area (Å²) in [6.45, 7) is 3.75. The Hall–Kier alpha value is -2.05. The minimum atomic E-state index is -0.946. The minimum Gasteiger partial charge on any atom is -0.495 e. The lowest BCUT2D eigenvalue weighted by Crippen LogP contribution is -2.30. The van der Waals surface area contributed by atoms with E-state index in [9.17, 15) is 9.59 Å². The number of nitrogens with one attached hydrogen (secondary N) is 1. The highest BCUT2D eigenvalue weighted by Crippen LogP contribution is 2.34. The standard InChI is InChI=1S/C21H24ClNO4S/c1-4-13-5-8-18-14(9-13)10-19(28-18)21(25)27-12(2)20(24)23-16-11-15(22)6-7-17(16)26-3/h6-7,10-13H,4-5,8-9H2,1-3H3,(H,23,24)/t12-,13-/m1/s1. The zero-order valence-electron chi connectivity index (χ0n) is 16.2. The Balaban J connectivity index is 1.64. The molecular formula is C21H24ClNO4S. The van der Waals surface area contributed by atoms with E-state index < -0.39 is 18.0 Å². The van der Waals surface area contributed by atoms with Gasteiger partial charge in [-0.15, -0.1) is 11.3 Å². The summed E-state index contributed by atoms with van der Waals surface area (Å²) < 4.78 is 10.6. The van der Waals surface area contributed by atoms with E-state index in [0.29, 0.717) is 27.3 Å². The predicted molar refractivity (Wildman–Crippen MR) is 112 cm³/mol. The van der Waals surface area contributed by atoms with Crippen LogP contribution in [0.2, 0.25) is 5.02 Å². The third-order valence-corrected chi connectivity index (χ3v) is 6.49. The van der Waals surface area contributed by atoms with Gasteiger partial charge in [-0.2, -0.15) is 0 Å². The summed E-state index contributed by atoms with van der Waals surface area (Å²) in [4.78, 5) is 26.8. The van der Waals surface area contributed by atoms with Crippen LogP contribution in [0.1, 0.15) is 46.8 Å². The molecule has 0 unspecified atom stereocenters. The second-order valence-electron chi connectivity index (χ2n) is 6.96. The number of methoxy groups -OCH3 is 1. The number of benzene rings is 1. The van der Waals surface area contributed by atoms with Crippen molar-refractivity contribution >= 4 is 40.5 Å².